The van der Waals surface area contributed by atoms with Gasteiger partial charge in [-0.05, 0) is 24.3 Å². The summed E-state index contributed by atoms with van der Waals surface area (Å²) in [7, 11) is 0. The second-order valence-electron chi connectivity index (χ2n) is 6.94. The molecule has 0 aliphatic heterocycles. The van der Waals surface area contributed by atoms with E-state index in [1.165, 1.54) is 0 Å². The van der Waals surface area contributed by atoms with Crippen molar-refractivity contribution >= 4 is 11.8 Å². The van der Waals surface area contributed by atoms with E-state index < -0.39 is 0 Å². The van der Waals surface area contributed by atoms with Crippen LogP contribution in [0.15, 0.2) is 36.5 Å². The van der Waals surface area contributed by atoms with E-state index in [-0.39, 0.29) is 30.2 Å². The molecule has 1 saturated carbocycles. The molecule has 0 saturated heterocycles. The number of H-pyrrole nitrogens is 1. The first-order valence-electron chi connectivity index (χ1n) is 9.26. The maximum atomic E-state index is 12.2. The van der Waals surface area contributed by atoms with E-state index in [2.05, 4.69) is 27.5 Å². The Morgan fingerprint density at radius 3 is 2.69 bits per heavy atom. The number of aromatic nitrogens is 2. The number of carbonyl (C=O) groups excluding carboxylic acids is 2. The fourth-order valence-electron chi connectivity index (χ4n) is 3.03. The van der Waals surface area contributed by atoms with Gasteiger partial charge in [-0.25, -0.2) is 4.98 Å². The lowest BCUT2D eigenvalue weighted by Gasteiger charge is -2.15. The number of rotatable bonds is 8. The highest BCUT2D eigenvalue weighted by atomic mass is 16.2. The van der Waals surface area contributed by atoms with E-state index in [4.69, 9.17) is 0 Å². The van der Waals surface area contributed by atoms with E-state index in [1.54, 1.807) is 6.20 Å². The Morgan fingerprint density at radius 2 is 2.04 bits per heavy atom. The van der Waals surface area contributed by atoms with Gasteiger partial charge in [0.1, 0.15) is 5.82 Å². The monoisotopic (exact) mass is 354 g/mol. The molecule has 1 heterocycles. The molecule has 1 aliphatic rings. The van der Waals surface area contributed by atoms with Crippen LogP contribution in [0.3, 0.4) is 0 Å². The van der Waals surface area contributed by atoms with Gasteiger partial charge in [0.25, 0.3) is 0 Å². The maximum absolute atomic E-state index is 12.2. The lowest BCUT2D eigenvalue weighted by atomic mass is 10.2. The third kappa shape index (κ3) is 4.50. The number of nitrogens with zero attached hydrogens (tertiary/aromatic N) is 1. The molecule has 0 spiro atoms. The highest BCUT2D eigenvalue weighted by Crippen LogP contribution is 2.37. The topological polar surface area (TPSA) is 86.9 Å². The number of amides is 2. The van der Waals surface area contributed by atoms with Gasteiger partial charge in [0.15, 0.2) is 0 Å². The van der Waals surface area contributed by atoms with Crippen molar-refractivity contribution in [3.05, 3.63) is 42.4 Å². The molecule has 3 N–H and O–H groups in total. The number of benzene rings is 1. The molecule has 0 bridgehead atoms. The molecule has 0 radical (unpaired) electrons. The molecule has 6 nitrogen and oxygen atoms in total. The van der Waals surface area contributed by atoms with Crippen LogP contribution in [0, 0.1) is 11.8 Å². The highest BCUT2D eigenvalue weighted by molar-refractivity contribution is 5.82. The maximum Gasteiger partial charge on any atom is 0.223 e. The third-order valence-electron chi connectivity index (χ3n) is 4.85. The Balaban J connectivity index is 1.50. The van der Waals surface area contributed by atoms with Gasteiger partial charge in [0.2, 0.25) is 11.8 Å². The SMILES string of the molecule is CC[C@H](NC(=O)CCNC(=O)[C@H]1C[C@@H]1C)c1ncc(-c2ccccc2)[nH]1. The molecule has 26 heavy (non-hydrogen) atoms. The normalized spacial score (nSPS) is 19.6. The zero-order chi connectivity index (χ0) is 18.5. The largest absolute Gasteiger partial charge is 0.355 e. The van der Waals surface area contributed by atoms with Gasteiger partial charge in [0.05, 0.1) is 17.9 Å². The minimum atomic E-state index is -0.167. The summed E-state index contributed by atoms with van der Waals surface area (Å²) in [5.74, 6) is 1.34. The predicted octanol–water partition coefficient (Wildman–Crippen LogP) is 2.81. The van der Waals surface area contributed by atoms with Crippen molar-refractivity contribution < 1.29 is 9.59 Å². The van der Waals surface area contributed by atoms with Gasteiger partial charge in [-0.15, -0.1) is 0 Å². The molecule has 3 rings (SSSR count). The number of carbonyl (C=O) groups is 2. The molecule has 138 valence electrons. The molecule has 2 aromatic rings. The minimum Gasteiger partial charge on any atom is -0.355 e. The van der Waals surface area contributed by atoms with Crippen molar-refractivity contribution in [1.82, 2.24) is 20.6 Å². The van der Waals surface area contributed by atoms with E-state index in [9.17, 15) is 9.59 Å². The molecule has 1 fully saturated rings. The molecule has 2 amide bonds. The summed E-state index contributed by atoms with van der Waals surface area (Å²) in [6.45, 7) is 4.44. The highest BCUT2D eigenvalue weighted by Gasteiger charge is 2.38. The van der Waals surface area contributed by atoms with E-state index >= 15 is 0 Å². The second-order valence-corrected chi connectivity index (χ2v) is 6.94. The summed E-state index contributed by atoms with van der Waals surface area (Å²) in [4.78, 5) is 31.7. The van der Waals surface area contributed by atoms with Crippen molar-refractivity contribution in [2.75, 3.05) is 6.54 Å². The smallest absolute Gasteiger partial charge is 0.223 e. The average Bonchev–Trinajstić information content (AvgIpc) is 3.19. The van der Waals surface area contributed by atoms with Crippen LogP contribution in [-0.2, 0) is 9.59 Å². The molecule has 3 atom stereocenters. The van der Waals surface area contributed by atoms with Crippen molar-refractivity contribution in [3.63, 3.8) is 0 Å². The summed E-state index contributed by atoms with van der Waals surface area (Å²) in [6.07, 6.45) is 3.75. The Hall–Kier alpha value is -2.63. The fraction of sp³-hybridized carbons (Fsp3) is 0.450. The Kier molecular flexibility index (Phi) is 5.71. The second kappa shape index (κ2) is 8.17. The molecular formula is C20H26N4O2. The Bertz CT molecular complexity index is 756. The first-order valence-corrected chi connectivity index (χ1v) is 9.26. The third-order valence-corrected chi connectivity index (χ3v) is 4.85. The van der Waals surface area contributed by atoms with E-state index in [0.717, 1.165) is 29.9 Å². The van der Waals surface area contributed by atoms with Gasteiger partial charge >= 0.3 is 0 Å². The van der Waals surface area contributed by atoms with Crippen LogP contribution >= 0.6 is 0 Å². The Morgan fingerprint density at radius 1 is 1.31 bits per heavy atom. The lowest BCUT2D eigenvalue weighted by Crippen LogP contribution is -2.33. The Labute approximate surface area is 153 Å². The van der Waals surface area contributed by atoms with E-state index in [0.29, 0.717) is 12.5 Å². The van der Waals surface area contributed by atoms with Crippen LogP contribution in [0.5, 0.6) is 0 Å². The predicted molar refractivity (Wildman–Crippen MR) is 100 cm³/mol. The summed E-state index contributed by atoms with van der Waals surface area (Å²) in [5, 5.41) is 5.83. The fourth-order valence-corrected chi connectivity index (χ4v) is 3.03. The molecule has 0 unspecified atom stereocenters. The quantitative estimate of drug-likeness (QED) is 0.681. The number of imidazole rings is 1. The van der Waals surface area contributed by atoms with Crippen LogP contribution in [0.4, 0.5) is 0 Å². The van der Waals surface area contributed by atoms with E-state index in [1.807, 2.05) is 37.3 Å². The summed E-state index contributed by atoms with van der Waals surface area (Å²) < 4.78 is 0. The lowest BCUT2D eigenvalue weighted by molar-refractivity contribution is -0.123. The van der Waals surface area contributed by atoms with Gasteiger partial charge in [-0.3, -0.25) is 9.59 Å². The summed E-state index contributed by atoms with van der Waals surface area (Å²) in [6, 6.07) is 9.79. The number of aromatic amines is 1. The zero-order valence-electron chi connectivity index (χ0n) is 15.3. The molecule has 6 heteroatoms. The molecule has 1 aromatic carbocycles. The van der Waals surface area contributed by atoms with Gasteiger partial charge in [0, 0.05) is 18.9 Å². The average molecular weight is 354 g/mol. The van der Waals surface area contributed by atoms with Gasteiger partial charge < -0.3 is 15.6 Å². The van der Waals surface area contributed by atoms with Crippen molar-refractivity contribution in [2.45, 2.75) is 39.2 Å². The van der Waals surface area contributed by atoms with Crippen LogP contribution in [0.2, 0.25) is 0 Å². The first-order chi connectivity index (χ1) is 12.6. The number of hydrogen-bond acceptors (Lipinski definition) is 3. The number of hydrogen-bond donors (Lipinski definition) is 3. The zero-order valence-corrected chi connectivity index (χ0v) is 15.3. The number of nitrogens with one attached hydrogen (secondary N) is 3. The first kappa shape index (κ1) is 18.2. The summed E-state index contributed by atoms with van der Waals surface area (Å²) in [5.41, 5.74) is 1.99. The standard InChI is InChI=1S/C20H26N4O2/c1-3-16(19-22-12-17(24-19)14-7-5-4-6-8-14)23-18(25)9-10-21-20(26)15-11-13(15)2/h4-8,12-13,15-16H,3,9-11H2,1-2H3,(H,21,26)(H,22,24)(H,23,25)/t13-,15-,16-/m0/s1. The van der Waals surface area contributed by atoms with Crippen molar-refractivity contribution in [1.29, 1.82) is 0 Å². The van der Waals surface area contributed by atoms with Gasteiger partial charge in [-0.2, -0.15) is 0 Å². The molecule has 1 aromatic heterocycles. The molecular weight excluding hydrogens is 328 g/mol. The van der Waals surface area contributed by atoms with Gasteiger partial charge in [-0.1, -0.05) is 44.2 Å². The summed E-state index contributed by atoms with van der Waals surface area (Å²) >= 11 is 0. The van der Waals surface area contributed by atoms with Crippen LogP contribution in [-0.4, -0.2) is 28.3 Å². The van der Waals surface area contributed by atoms with Crippen LogP contribution in [0.1, 0.15) is 45.0 Å². The minimum absolute atomic E-state index is 0.0656. The van der Waals surface area contributed by atoms with Crippen molar-refractivity contribution in [2.24, 2.45) is 11.8 Å². The van der Waals surface area contributed by atoms with Crippen LogP contribution in [0.25, 0.3) is 11.3 Å². The van der Waals surface area contributed by atoms with Crippen LogP contribution < -0.4 is 10.6 Å². The van der Waals surface area contributed by atoms with Crippen molar-refractivity contribution in [3.8, 4) is 11.3 Å². The molecule has 1 aliphatic carbocycles.